The van der Waals surface area contributed by atoms with Crippen LogP contribution in [0.2, 0.25) is 0 Å². The molecule has 0 aromatic rings. The maximum absolute atomic E-state index is 7.00. The number of rotatable bonds is 0. The van der Waals surface area contributed by atoms with Gasteiger partial charge in [-0.1, -0.05) is 34.6 Å². The average molecular weight is 282 g/mol. The van der Waals surface area contributed by atoms with Crippen molar-refractivity contribution in [2.75, 3.05) is 14.2 Å². The van der Waals surface area contributed by atoms with E-state index in [0.717, 1.165) is 43.8 Å². The van der Waals surface area contributed by atoms with Gasteiger partial charge in [-0.3, -0.25) is 0 Å². The van der Waals surface area contributed by atoms with Gasteiger partial charge < -0.3 is 25.1 Å². The minimum atomic E-state index is 0. The van der Waals surface area contributed by atoms with Crippen LogP contribution in [-0.2, 0) is 21.7 Å². The van der Waals surface area contributed by atoms with E-state index < -0.39 is 0 Å². The Hall–Kier alpha value is 0.634. The van der Waals surface area contributed by atoms with Gasteiger partial charge in [0, 0.05) is 14.2 Å². The standard InChI is InChI=1S/C10H20.2CH4O.2CH3.Ti/c1-6-7(2)9(4)10(5)8(6)3;2*1-2;;;/h6-10H,1-5H3;2*2H,1H3;2*1H3;/q;;;2*-1;+2. The predicted molar refractivity (Wildman–Crippen MR) is 74.9 cm³/mol. The van der Waals surface area contributed by atoms with Crippen LogP contribution in [0.3, 0.4) is 0 Å². The maximum Gasteiger partial charge on any atom is 2.00 e. The quantitative estimate of drug-likeness (QED) is 0.528. The first-order valence-electron chi connectivity index (χ1n) is 5.45. The summed E-state index contributed by atoms with van der Waals surface area (Å²) in [4.78, 5) is 0. The van der Waals surface area contributed by atoms with Crippen molar-refractivity contribution in [2.24, 2.45) is 29.6 Å². The van der Waals surface area contributed by atoms with Crippen LogP contribution in [0.4, 0.5) is 0 Å². The summed E-state index contributed by atoms with van der Waals surface area (Å²) in [6.07, 6.45) is 0. The van der Waals surface area contributed by atoms with Crippen molar-refractivity contribution in [3.8, 4) is 0 Å². The molecular weight excluding hydrogens is 248 g/mol. The molecule has 2 N–H and O–H groups in total. The second-order valence-electron chi connectivity index (χ2n) is 4.30. The molecule has 0 radical (unpaired) electrons. The van der Waals surface area contributed by atoms with E-state index in [4.69, 9.17) is 10.2 Å². The molecular formula is C14H34O2Ti. The second-order valence-corrected chi connectivity index (χ2v) is 4.30. The van der Waals surface area contributed by atoms with Gasteiger partial charge in [-0.25, -0.2) is 0 Å². The SMILES string of the molecule is CC1C(C)C(C)C(C)C1C.CO.CO.[CH3-].[CH3-].[Ti+2]. The molecule has 1 rings (SSSR count). The van der Waals surface area contributed by atoms with Gasteiger partial charge in [0.2, 0.25) is 0 Å². The van der Waals surface area contributed by atoms with Crippen molar-refractivity contribution in [2.45, 2.75) is 34.6 Å². The fourth-order valence-corrected chi connectivity index (χ4v) is 2.39. The third-order valence-electron chi connectivity index (χ3n) is 4.15. The average Bonchev–Trinajstić information content (AvgIpc) is 2.42. The molecule has 1 aliphatic carbocycles. The van der Waals surface area contributed by atoms with Crippen molar-refractivity contribution < 1.29 is 31.9 Å². The summed E-state index contributed by atoms with van der Waals surface area (Å²) in [6, 6.07) is 0. The molecule has 0 heterocycles. The van der Waals surface area contributed by atoms with Crippen LogP contribution >= 0.6 is 0 Å². The molecule has 0 amide bonds. The number of hydrogen-bond donors (Lipinski definition) is 2. The van der Waals surface area contributed by atoms with E-state index in [0.29, 0.717) is 0 Å². The largest absolute Gasteiger partial charge is 2.00 e. The Bertz CT molecular complexity index is 86.6. The summed E-state index contributed by atoms with van der Waals surface area (Å²) in [7, 11) is 2.00. The molecule has 0 saturated heterocycles. The van der Waals surface area contributed by atoms with Crippen LogP contribution in [0.5, 0.6) is 0 Å². The van der Waals surface area contributed by atoms with Gasteiger partial charge in [0.15, 0.2) is 0 Å². The molecule has 2 nitrogen and oxygen atoms in total. The molecule has 0 bridgehead atoms. The first kappa shape index (κ1) is 30.6. The summed E-state index contributed by atoms with van der Waals surface area (Å²) >= 11 is 0. The van der Waals surface area contributed by atoms with Gasteiger partial charge in [-0.15, -0.1) is 0 Å². The Balaban J connectivity index is -0.0000000625. The Morgan fingerprint density at radius 2 is 0.529 bits per heavy atom. The summed E-state index contributed by atoms with van der Waals surface area (Å²) in [6.45, 7) is 12.0. The molecule has 106 valence electrons. The number of hydrogen-bond acceptors (Lipinski definition) is 2. The molecule has 0 aromatic carbocycles. The van der Waals surface area contributed by atoms with Crippen molar-refractivity contribution >= 4 is 0 Å². The van der Waals surface area contributed by atoms with E-state index in [1.807, 2.05) is 0 Å². The van der Waals surface area contributed by atoms with E-state index in [1.54, 1.807) is 0 Å². The second kappa shape index (κ2) is 16.6. The summed E-state index contributed by atoms with van der Waals surface area (Å²) in [5.41, 5.74) is 0. The topological polar surface area (TPSA) is 40.5 Å². The zero-order valence-corrected chi connectivity index (χ0v) is 14.8. The van der Waals surface area contributed by atoms with Crippen LogP contribution in [0.25, 0.3) is 0 Å². The van der Waals surface area contributed by atoms with E-state index in [9.17, 15) is 0 Å². The number of aliphatic hydroxyl groups is 2. The van der Waals surface area contributed by atoms with E-state index in [-0.39, 0.29) is 36.6 Å². The Morgan fingerprint density at radius 1 is 0.471 bits per heavy atom. The minimum absolute atomic E-state index is 0. The maximum atomic E-state index is 7.00. The zero-order valence-electron chi connectivity index (χ0n) is 13.3. The van der Waals surface area contributed by atoms with Gasteiger partial charge in [0.1, 0.15) is 0 Å². The smallest absolute Gasteiger partial charge is 0.400 e. The van der Waals surface area contributed by atoms with Gasteiger partial charge in [-0.05, 0) is 29.6 Å². The van der Waals surface area contributed by atoms with Gasteiger partial charge in [-0.2, -0.15) is 0 Å². The van der Waals surface area contributed by atoms with Crippen LogP contribution < -0.4 is 0 Å². The molecule has 1 aliphatic rings. The fraction of sp³-hybridized carbons (Fsp3) is 0.857. The van der Waals surface area contributed by atoms with E-state index in [2.05, 4.69) is 34.6 Å². The first-order chi connectivity index (χ1) is 6.55. The van der Waals surface area contributed by atoms with Crippen LogP contribution in [0.1, 0.15) is 34.6 Å². The Morgan fingerprint density at radius 3 is 0.588 bits per heavy atom. The summed E-state index contributed by atoms with van der Waals surface area (Å²) in [5, 5.41) is 14.0. The van der Waals surface area contributed by atoms with Crippen molar-refractivity contribution in [1.29, 1.82) is 0 Å². The monoisotopic (exact) mass is 282 g/mol. The van der Waals surface area contributed by atoms with Crippen LogP contribution in [-0.4, -0.2) is 24.4 Å². The molecule has 17 heavy (non-hydrogen) atoms. The molecule has 1 saturated carbocycles. The molecule has 1 fully saturated rings. The van der Waals surface area contributed by atoms with Crippen LogP contribution in [0, 0.1) is 44.4 Å². The van der Waals surface area contributed by atoms with Crippen molar-refractivity contribution in [3.05, 3.63) is 14.9 Å². The van der Waals surface area contributed by atoms with Gasteiger partial charge in [0.25, 0.3) is 0 Å². The third-order valence-corrected chi connectivity index (χ3v) is 4.15. The molecule has 0 aromatic heterocycles. The summed E-state index contributed by atoms with van der Waals surface area (Å²) < 4.78 is 0. The zero-order chi connectivity index (χ0) is 11.9. The first-order valence-corrected chi connectivity index (χ1v) is 5.45. The van der Waals surface area contributed by atoms with Gasteiger partial charge >= 0.3 is 21.7 Å². The fourth-order valence-electron chi connectivity index (χ4n) is 2.39. The minimum Gasteiger partial charge on any atom is -0.400 e. The van der Waals surface area contributed by atoms with Crippen molar-refractivity contribution in [1.82, 2.24) is 0 Å². The molecule has 3 heteroatoms. The third kappa shape index (κ3) is 8.37. The Kier molecular flexibility index (Phi) is 29.9. The molecule has 0 unspecified atom stereocenters. The Labute approximate surface area is 125 Å². The normalized spacial score (nSPS) is 33.4. The summed E-state index contributed by atoms with van der Waals surface area (Å²) in [5.74, 6) is 4.68. The molecule has 0 spiro atoms. The molecule has 0 aliphatic heterocycles. The van der Waals surface area contributed by atoms with E-state index >= 15 is 0 Å². The van der Waals surface area contributed by atoms with Crippen molar-refractivity contribution in [3.63, 3.8) is 0 Å². The van der Waals surface area contributed by atoms with Crippen LogP contribution in [0.15, 0.2) is 0 Å². The van der Waals surface area contributed by atoms with E-state index in [1.165, 1.54) is 0 Å². The van der Waals surface area contributed by atoms with Gasteiger partial charge in [0.05, 0.1) is 0 Å². The molecule has 0 atom stereocenters. The predicted octanol–water partition coefficient (Wildman–Crippen LogP) is 3.30. The number of aliphatic hydroxyl groups excluding tert-OH is 2.